The number of aliphatic hydroxyl groups is 1. The van der Waals surface area contributed by atoms with Crippen molar-refractivity contribution in [3.63, 3.8) is 0 Å². The summed E-state index contributed by atoms with van der Waals surface area (Å²) in [6.07, 6.45) is -0.718. The summed E-state index contributed by atoms with van der Waals surface area (Å²) in [6.45, 7) is 0.0373. The van der Waals surface area contributed by atoms with Crippen LogP contribution in [0.2, 0.25) is 0 Å². The number of aliphatic carboxylic acids is 1. The Morgan fingerprint density at radius 3 is 2.56 bits per heavy atom. The Hall–Kier alpha value is -2.08. The molecule has 0 unspecified atom stereocenters. The van der Waals surface area contributed by atoms with E-state index in [1.54, 1.807) is 24.3 Å². The molecule has 3 N–H and O–H groups in total. The number of likely N-dealkylation sites (tertiary alicyclic amines) is 1. The van der Waals surface area contributed by atoms with Gasteiger partial charge in [0.1, 0.15) is 6.04 Å². The molecule has 6 nitrogen and oxygen atoms in total. The van der Waals surface area contributed by atoms with Crippen molar-refractivity contribution in [3.05, 3.63) is 30.3 Å². The summed E-state index contributed by atoms with van der Waals surface area (Å²) in [5.74, 6) is -1.10. The van der Waals surface area contributed by atoms with Gasteiger partial charge >= 0.3 is 12.0 Å². The Morgan fingerprint density at radius 1 is 1.28 bits per heavy atom. The third kappa shape index (κ3) is 2.60. The number of aliphatic hydroxyl groups excluding tert-OH is 1. The first-order valence-electron chi connectivity index (χ1n) is 5.61. The number of urea groups is 1. The molecule has 0 aliphatic carbocycles. The van der Waals surface area contributed by atoms with Crippen LogP contribution >= 0.6 is 0 Å². The van der Waals surface area contributed by atoms with Gasteiger partial charge in [0.2, 0.25) is 0 Å². The number of rotatable bonds is 2. The number of carbonyl (C=O) groups is 2. The van der Waals surface area contributed by atoms with Crippen LogP contribution in [-0.4, -0.2) is 45.8 Å². The van der Waals surface area contributed by atoms with Gasteiger partial charge in [-0.2, -0.15) is 0 Å². The Bertz CT molecular complexity index is 449. The Morgan fingerprint density at radius 2 is 1.94 bits per heavy atom. The first-order chi connectivity index (χ1) is 8.58. The number of nitrogens with zero attached hydrogens (tertiary/aromatic N) is 1. The first-order valence-corrected chi connectivity index (χ1v) is 5.61. The Balaban J connectivity index is 2.06. The van der Waals surface area contributed by atoms with Crippen LogP contribution < -0.4 is 5.32 Å². The maximum atomic E-state index is 11.9. The number of para-hydroxylation sites is 1. The van der Waals surface area contributed by atoms with Crippen LogP contribution in [0.3, 0.4) is 0 Å². The van der Waals surface area contributed by atoms with E-state index in [4.69, 9.17) is 5.11 Å². The van der Waals surface area contributed by atoms with Crippen LogP contribution in [0.5, 0.6) is 0 Å². The second-order valence-corrected chi connectivity index (χ2v) is 4.19. The summed E-state index contributed by atoms with van der Waals surface area (Å²) in [6, 6.07) is 7.29. The van der Waals surface area contributed by atoms with Crippen LogP contribution in [0.4, 0.5) is 10.5 Å². The standard InChI is InChI=1S/C12H14N2O4/c15-9-6-10(11(16)17)14(7-9)12(18)13-8-4-2-1-3-5-8/h1-5,9-10,15H,6-7H2,(H,13,18)(H,16,17)/t9-,10-/m0/s1. The molecule has 1 fully saturated rings. The SMILES string of the molecule is O=C(O)[C@@H]1C[C@H](O)CN1C(=O)Nc1ccccc1. The van der Waals surface area contributed by atoms with Crippen LogP contribution in [-0.2, 0) is 4.79 Å². The van der Waals surface area contributed by atoms with Crippen molar-refractivity contribution in [2.45, 2.75) is 18.6 Å². The first kappa shape index (κ1) is 12.4. The number of β-amino-alcohol motifs (C(OH)–C–C–N with tert-alkyl or cyclic N) is 1. The third-order valence-electron chi connectivity index (χ3n) is 2.85. The fourth-order valence-electron chi connectivity index (χ4n) is 1.99. The fraction of sp³-hybridized carbons (Fsp3) is 0.333. The van der Waals surface area contributed by atoms with E-state index in [0.717, 1.165) is 4.90 Å². The zero-order valence-electron chi connectivity index (χ0n) is 9.61. The molecule has 0 saturated carbocycles. The van der Waals surface area contributed by atoms with E-state index in [9.17, 15) is 14.7 Å². The number of hydrogen-bond donors (Lipinski definition) is 3. The van der Waals surface area contributed by atoms with Gasteiger partial charge in [-0.25, -0.2) is 9.59 Å². The van der Waals surface area contributed by atoms with Crippen molar-refractivity contribution in [1.82, 2.24) is 4.90 Å². The van der Waals surface area contributed by atoms with E-state index in [-0.39, 0.29) is 13.0 Å². The fourth-order valence-corrected chi connectivity index (χ4v) is 1.99. The van der Waals surface area contributed by atoms with Gasteiger partial charge in [-0.05, 0) is 12.1 Å². The summed E-state index contributed by atoms with van der Waals surface area (Å²) in [5.41, 5.74) is 0.591. The maximum Gasteiger partial charge on any atom is 0.326 e. The van der Waals surface area contributed by atoms with Gasteiger partial charge in [0.25, 0.3) is 0 Å². The smallest absolute Gasteiger partial charge is 0.326 e. The zero-order chi connectivity index (χ0) is 13.1. The highest BCUT2D eigenvalue weighted by atomic mass is 16.4. The highest BCUT2D eigenvalue weighted by molar-refractivity contribution is 5.92. The summed E-state index contributed by atoms with van der Waals surface area (Å²) in [4.78, 5) is 24.0. The predicted octanol–water partition coefficient (Wildman–Crippen LogP) is 0.738. The summed E-state index contributed by atoms with van der Waals surface area (Å²) in [7, 11) is 0. The molecule has 2 amide bonds. The van der Waals surface area contributed by atoms with Gasteiger partial charge < -0.3 is 20.4 Å². The molecule has 1 aliphatic heterocycles. The van der Waals surface area contributed by atoms with Gasteiger partial charge in [0.05, 0.1) is 6.10 Å². The number of hydrogen-bond acceptors (Lipinski definition) is 3. The molecular weight excluding hydrogens is 236 g/mol. The molecule has 0 aromatic heterocycles. The minimum atomic E-state index is -1.10. The van der Waals surface area contributed by atoms with Gasteiger partial charge in [-0.15, -0.1) is 0 Å². The molecule has 96 valence electrons. The quantitative estimate of drug-likeness (QED) is 0.722. The molecule has 1 aromatic carbocycles. The average Bonchev–Trinajstić information content (AvgIpc) is 2.73. The van der Waals surface area contributed by atoms with Crippen molar-refractivity contribution in [1.29, 1.82) is 0 Å². The number of carboxylic acid groups (broad SMARTS) is 1. The molecule has 1 aromatic rings. The molecule has 6 heteroatoms. The van der Waals surface area contributed by atoms with E-state index in [2.05, 4.69) is 5.32 Å². The van der Waals surface area contributed by atoms with Crippen molar-refractivity contribution in [2.24, 2.45) is 0 Å². The number of carbonyl (C=O) groups excluding carboxylic acids is 1. The second kappa shape index (κ2) is 5.05. The summed E-state index contributed by atoms with van der Waals surface area (Å²) in [5, 5.41) is 21.0. The molecule has 2 rings (SSSR count). The van der Waals surface area contributed by atoms with E-state index in [1.807, 2.05) is 6.07 Å². The lowest BCUT2D eigenvalue weighted by molar-refractivity contribution is -0.141. The zero-order valence-corrected chi connectivity index (χ0v) is 9.61. The number of benzene rings is 1. The lowest BCUT2D eigenvalue weighted by atomic mass is 10.2. The normalized spacial score (nSPS) is 22.8. The molecular formula is C12H14N2O4. The lowest BCUT2D eigenvalue weighted by Crippen LogP contribution is -2.43. The largest absolute Gasteiger partial charge is 0.480 e. The van der Waals surface area contributed by atoms with E-state index < -0.39 is 24.1 Å². The number of anilines is 1. The minimum absolute atomic E-state index is 0.0373. The topological polar surface area (TPSA) is 89.9 Å². The summed E-state index contributed by atoms with van der Waals surface area (Å²) < 4.78 is 0. The molecule has 0 radical (unpaired) electrons. The van der Waals surface area contributed by atoms with E-state index in [0.29, 0.717) is 5.69 Å². The molecule has 2 atom stereocenters. The Kier molecular flexibility index (Phi) is 3.47. The Labute approximate surface area is 104 Å². The molecule has 1 aliphatic rings. The van der Waals surface area contributed by atoms with Crippen molar-refractivity contribution >= 4 is 17.7 Å². The van der Waals surface area contributed by atoms with E-state index in [1.165, 1.54) is 0 Å². The number of nitrogens with one attached hydrogen (secondary N) is 1. The van der Waals surface area contributed by atoms with Gasteiger partial charge in [-0.3, -0.25) is 0 Å². The minimum Gasteiger partial charge on any atom is -0.480 e. The molecule has 18 heavy (non-hydrogen) atoms. The maximum absolute atomic E-state index is 11.9. The third-order valence-corrected chi connectivity index (χ3v) is 2.85. The highest BCUT2D eigenvalue weighted by Crippen LogP contribution is 2.19. The average molecular weight is 250 g/mol. The van der Waals surface area contributed by atoms with Crippen LogP contribution in [0.25, 0.3) is 0 Å². The second-order valence-electron chi connectivity index (χ2n) is 4.19. The van der Waals surface area contributed by atoms with Gasteiger partial charge in [0, 0.05) is 18.7 Å². The van der Waals surface area contributed by atoms with Crippen LogP contribution in [0.1, 0.15) is 6.42 Å². The van der Waals surface area contributed by atoms with Gasteiger partial charge in [-0.1, -0.05) is 18.2 Å². The van der Waals surface area contributed by atoms with Crippen molar-refractivity contribution in [3.8, 4) is 0 Å². The molecule has 0 spiro atoms. The summed E-state index contributed by atoms with van der Waals surface area (Å²) >= 11 is 0. The van der Waals surface area contributed by atoms with Crippen LogP contribution in [0.15, 0.2) is 30.3 Å². The number of amides is 2. The number of carboxylic acids is 1. The van der Waals surface area contributed by atoms with Crippen molar-refractivity contribution in [2.75, 3.05) is 11.9 Å². The predicted molar refractivity (Wildman–Crippen MR) is 64.2 cm³/mol. The van der Waals surface area contributed by atoms with E-state index >= 15 is 0 Å². The lowest BCUT2D eigenvalue weighted by Gasteiger charge is -2.21. The molecule has 0 bridgehead atoms. The monoisotopic (exact) mass is 250 g/mol. The molecule has 1 heterocycles. The van der Waals surface area contributed by atoms with Crippen molar-refractivity contribution < 1.29 is 19.8 Å². The van der Waals surface area contributed by atoms with Crippen LogP contribution in [0, 0.1) is 0 Å². The van der Waals surface area contributed by atoms with Gasteiger partial charge in [0.15, 0.2) is 0 Å². The molecule has 1 saturated heterocycles. The highest BCUT2D eigenvalue weighted by Gasteiger charge is 2.38.